The topological polar surface area (TPSA) is 75.4 Å². The van der Waals surface area contributed by atoms with Crippen molar-refractivity contribution in [3.05, 3.63) is 28.8 Å². The summed E-state index contributed by atoms with van der Waals surface area (Å²) in [6, 6.07) is 4.67. The quantitative estimate of drug-likeness (QED) is 0.823. The molecule has 0 heterocycles. The van der Waals surface area contributed by atoms with Crippen molar-refractivity contribution in [3.8, 4) is 0 Å². The van der Waals surface area contributed by atoms with E-state index in [9.17, 15) is 8.42 Å². The Bertz CT molecular complexity index is 532. The molecule has 1 aromatic carbocycles. The molecule has 0 aromatic heterocycles. The molecule has 0 aliphatic rings. The lowest BCUT2D eigenvalue weighted by Gasteiger charge is -2.20. The highest BCUT2D eigenvalue weighted by Crippen LogP contribution is 2.20. The van der Waals surface area contributed by atoms with Gasteiger partial charge < -0.3 is 10.6 Å². The van der Waals surface area contributed by atoms with E-state index in [4.69, 9.17) is 17.3 Å². The zero-order valence-electron chi connectivity index (χ0n) is 11.4. The first-order chi connectivity index (χ1) is 8.77. The second-order valence-electron chi connectivity index (χ2n) is 4.62. The molecule has 5 nitrogen and oxygen atoms in total. The number of nitrogens with zero attached hydrogens (tertiary/aromatic N) is 1. The Kier molecular flexibility index (Phi) is 5.76. The third kappa shape index (κ3) is 4.43. The molecule has 7 heteroatoms. The zero-order chi connectivity index (χ0) is 14.6. The summed E-state index contributed by atoms with van der Waals surface area (Å²) in [6.07, 6.45) is 0. The molecular weight excluding hydrogens is 286 g/mol. The number of nitrogens with two attached hydrogens (primary N) is 1. The van der Waals surface area contributed by atoms with Gasteiger partial charge in [-0.2, -0.15) is 0 Å². The van der Waals surface area contributed by atoms with Crippen LogP contribution in [0.3, 0.4) is 0 Å². The molecule has 108 valence electrons. The van der Waals surface area contributed by atoms with Crippen molar-refractivity contribution in [1.82, 2.24) is 9.62 Å². The van der Waals surface area contributed by atoms with Crippen LogP contribution in [0.1, 0.15) is 12.5 Å². The average molecular weight is 306 g/mol. The van der Waals surface area contributed by atoms with Crippen LogP contribution in [0.5, 0.6) is 0 Å². The van der Waals surface area contributed by atoms with E-state index in [0.717, 1.165) is 5.56 Å². The molecule has 3 N–H and O–H groups in total. The molecule has 1 aromatic rings. The van der Waals surface area contributed by atoms with E-state index in [1.165, 1.54) is 12.1 Å². The van der Waals surface area contributed by atoms with Crippen molar-refractivity contribution in [2.24, 2.45) is 5.73 Å². The number of benzene rings is 1. The molecule has 19 heavy (non-hydrogen) atoms. The van der Waals surface area contributed by atoms with Crippen LogP contribution in [0.15, 0.2) is 23.1 Å². The third-order valence-corrected chi connectivity index (χ3v) is 4.78. The second kappa shape index (κ2) is 6.67. The van der Waals surface area contributed by atoms with Crippen LogP contribution >= 0.6 is 11.6 Å². The first kappa shape index (κ1) is 16.4. The van der Waals surface area contributed by atoms with Crippen molar-refractivity contribution in [2.75, 3.05) is 20.6 Å². The number of sulfonamides is 1. The summed E-state index contributed by atoms with van der Waals surface area (Å²) >= 11 is 5.97. The van der Waals surface area contributed by atoms with E-state index >= 15 is 0 Å². The first-order valence-electron chi connectivity index (χ1n) is 5.92. The Morgan fingerprint density at radius 1 is 1.42 bits per heavy atom. The minimum absolute atomic E-state index is 0.105. The Morgan fingerprint density at radius 2 is 2.05 bits per heavy atom. The standard InChI is InChI=1S/C12H20ClN3O2S/c1-9(16(2)3)8-15-19(17,18)11-5-4-10(7-14)12(13)6-11/h4-6,9,15H,7-8,14H2,1-3H3. The van der Waals surface area contributed by atoms with Crippen LogP contribution < -0.4 is 10.5 Å². The van der Waals surface area contributed by atoms with Crippen LogP contribution in [0.2, 0.25) is 5.02 Å². The van der Waals surface area contributed by atoms with E-state index in [1.54, 1.807) is 6.07 Å². The summed E-state index contributed by atoms with van der Waals surface area (Å²) in [6.45, 7) is 2.56. The lowest BCUT2D eigenvalue weighted by atomic mass is 10.2. The van der Waals surface area contributed by atoms with Gasteiger partial charge in [0.2, 0.25) is 10.0 Å². The van der Waals surface area contributed by atoms with Gasteiger partial charge in [-0.25, -0.2) is 13.1 Å². The molecule has 1 unspecified atom stereocenters. The van der Waals surface area contributed by atoms with Gasteiger partial charge in [0, 0.05) is 24.2 Å². The molecule has 0 aliphatic carbocycles. The molecule has 0 saturated carbocycles. The van der Waals surface area contributed by atoms with Gasteiger partial charge in [-0.05, 0) is 38.7 Å². The zero-order valence-corrected chi connectivity index (χ0v) is 12.9. The fourth-order valence-electron chi connectivity index (χ4n) is 1.36. The SMILES string of the molecule is CC(CNS(=O)(=O)c1ccc(CN)c(Cl)c1)N(C)C. The summed E-state index contributed by atoms with van der Waals surface area (Å²) in [4.78, 5) is 2.09. The van der Waals surface area contributed by atoms with Gasteiger partial charge in [-0.3, -0.25) is 0 Å². The maximum atomic E-state index is 12.1. The molecule has 0 aliphatic heterocycles. The molecule has 1 atom stereocenters. The summed E-state index contributed by atoms with van der Waals surface area (Å²) in [5.41, 5.74) is 6.21. The highest BCUT2D eigenvalue weighted by atomic mass is 35.5. The number of likely N-dealkylation sites (N-methyl/N-ethyl adjacent to an activating group) is 1. The van der Waals surface area contributed by atoms with E-state index in [0.29, 0.717) is 11.6 Å². The summed E-state index contributed by atoms with van der Waals surface area (Å²) in [5.74, 6) is 0. The predicted octanol–water partition coefficient (Wildman–Crippen LogP) is 1.03. The Labute approximate surface area is 119 Å². The predicted molar refractivity (Wildman–Crippen MR) is 77.7 cm³/mol. The average Bonchev–Trinajstić information content (AvgIpc) is 2.35. The Hall–Kier alpha value is -0.660. The monoisotopic (exact) mass is 305 g/mol. The lowest BCUT2D eigenvalue weighted by Crippen LogP contribution is -2.38. The summed E-state index contributed by atoms with van der Waals surface area (Å²) in [7, 11) is 0.251. The van der Waals surface area contributed by atoms with Gasteiger partial charge >= 0.3 is 0 Å². The maximum Gasteiger partial charge on any atom is 0.240 e. The minimum atomic E-state index is -3.54. The molecule has 1 rings (SSSR count). The van der Waals surface area contributed by atoms with Crippen LogP contribution in [0.4, 0.5) is 0 Å². The third-order valence-electron chi connectivity index (χ3n) is 3.01. The largest absolute Gasteiger partial charge is 0.326 e. The number of rotatable bonds is 6. The first-order valence-corrected chi connectivity index (χ1v) is 7.78. The van der Waals surface area contributed by atoms with Crippen molar-refractivity contribution in [1.29, 1.82) is 0 Å². The van der Waals surface area contributed by atoms with Crippen molar-refractivity contribution >= 4 is 21.6 Å². The molecular formula is C12H20ClN3O2S. The molecule has 0 bridgehead atoms. The molecule has 0 amide bonds. The van der Waals surface area contributed by atoms with Gasteiger partial charge in [0.1, 0.15) is 0 Å². The fraction of sp³-hybridized carbons (Fsp3) is 0.500. The van der Waals surface area contributed by atoms with E-state index < -0.39 is 10.0 Å². The normalized spacial score (nSPS) is 13.8. The number of hydrogen-bond acceptors (Lipinski definition) is 4. The van der Waals surface area contributed by atoms with Crippen molar-refractivity contribution in [2.45, 2.75) is 24.4 Å². The van der Waals surface area contributed by atoms with Crippen LogP contribution in [0.25, 0.3) is 0 Å². The van der Waals surface area contributed by atoms with Crippen LogP contribution in [-0.2, 0) is 16.6 Å². The fourth-order valence-corrected chi connectivity index (χ4v) is 2.83. The lowest BCUT2D eigenvalue weighted by molar-refractivity contribution is 0.314. The second-order valence-corrected chi connectivity index (χ2v) is 6.80. The number of halogens is 1. The van der Waals surface area contributed by atoms with Crippen molar-refractivity contribution in [3.63, 3.8) is 0 Å². The maximum absolute atomic E-state index is 12.1. The molecule has 0 spiro atoms. The Balaban J connectivity index is 2.86. The number of nitrogens with one attached hydrogen (secondary N) is 1. The van der Waals surface area contributed by atoms with Gasteiger partial charge in [0.25, 0.3) is 0 Å². The van der Waals surface area contributed by atoms with Crippen molar-refractivity contribution < 1.29 is 8.42 Å². The van der Waals surface area contributed by atoms with E-state index in [-0.39, 0.29) is 17.5 Å². The van der Waals surface area contributed by atoms with Crippen LogP contribution in [-0.4, -0.2) is 40.0 Å². The molecule has 0 saturated heterocycles. The highest BCUT2D eigenvalue weighted by Gasteiger charge is 2.17. The molecule has 0 radical (unpaired) electrons. The van der Waals surface area contributed by atoms with Gasteiger partial charge in [0.05, 0.1) is 4.90 Å². The smallest absolute Gasteiger partial charge is 0.240 e. The van der Waals surface area contributed by atoms with Gasteiger partial charge in [-0.1, -0.05) is 17.7 Å². The van der Waals surface area contributed by atoms with E-state index in [1.807, 2.05) is 25.9 Å². The van der Waals surface area contributed by atoms with Crippen LogP contribution in [0, 0.1) is 0 Å². The molecule has 0 fully saturated rings. The number of hydrogen-bond donors (Lipinski definition) is 2. The summed E-state index contributed by atoms with van der Waals surface area (Å²) in [5, 5.41) is 0.367. The summed E-state index contributed by atoms with van der Waals surface area (Å²) < 4.78 is 26.7. The minimum Gasteiger partial charge on any atom is -0.326 e. The van der Waals surface area contributed by atoms with Gasteiger partial charge in [-0.15, -0.1) is 0 Å². The van der Waals surface area contributed by atoms with Gasteiger partial charge in [0.15, 0.2) is 0 Å². The van der Waals surface area contributed by atoms with E-state index in [2.05, 4.69) is 4.72 Å². The highest BCUT2D eigenvalue weighted by molar-refractivity contribution is 7.89. The Morgan fingerprint density at radius 3 is 2.53 bits per heavy atom.